The minimum atomic E-state index is -0.540. The van der Waals surface area contributed by atoms with Crippen molar-refractivity contribution in [1.29, 1.82) is 0 Å². The molecule has 1 aromatic rings. The Morgan fingerprint density at radius 3 is 2.87 bits per heavy atom. The summed E-state index contributed by atoms with van der Waals surface area (Å²) in [7, 11) is 2.66. The molecule has 0 unspecified atom stereocenters. The zero-order valence-corrected chi connectivity index (χ0v) is 9.89. The van der Waals surface area contributed by atoms with Crippen LogP contribution in [0.4, 0.5) is 0 Å². The molecular weight excluding hydrogens is 238 g/mol. The van der Waals surface area contributed by atoms with Crippen molar-refractivity contribution in [3.8, 4) is 0 Å². The maximum Gasteiger partial charge on any atom is 0.360 e. The summed E-state index contributed by atoms with van der Waals surface area (Å²) in [4.78, 5) is 16.9. The van der Waals surface area contributed by atoms with Gasteiger partial charge in [0.05, 0.1) is 13.0 Å². The number of rotatable bonds is 4. The number of hydrogen-bond donors (Lipinski definition) is 0. The van der Waals surface area contributed by atoms with E-state index in [2.05, 4.69) is 14.7 Å². The van der Waals surface area contributed by atoms with E-state index in [1.165, 1.54) is 25.6 Å². The van der Waals surface area contributed by atoms with E-state index >= 15 is 0 Å². The Balaban J connectivity index is 3.10. The van der Waals surface area contributed by atoms with E-state index in [0.717, 1.165) is 4.88 Å². The van der Waals surface area contributed by atoms with Crippen LogP contribution in [0.15, 0.2) is 16.6 Å². The van der Waals surface area contributed by atoms with Crippen LogP contribution in [0.5, 0.6) is 0 Å². The van der Waals surface area contributed by atoms with Crippen molar-refractivity contribution in [3.05, 3.63) is 21.9 Å². The molecule has 15 heavy (non-hydrogen) atoms. The number of thiophene rings is 1. The lowest BCUT2D eigenvalue weighted by molar-refractivity contribution is -0.132. The Kier molecular flexibility index (Phi) is 4.58. The number of nitrogens with zero attached hydrogens (tertiary/aromatic N) is 1. The highest BCUT2D eigenvalue weighted by Gasteiger charge is 2.19. The second-order valence-electron chi connectivity index (χ2n) is 2.51. The highest BCUT2D eigenvalue weighted by molar-refractivity contribution is 7.10. The van der Waals surface area contributed by atoms with Gasteiger partial charge in [0, 0.05) is 10.4 Å². The zero-order valence-electron chi connectivity index (χ0n) is 8.32. The molecule has 0 aliphatic rings. The topological polar surface area (TPSA) is 47.9 Å². The fourth-order valence-corrected chi connectivity index (χ4v) is 2.10. The van der Waals surface area contributed by atoms with Crippen molar-refractivity contribution in [1.82, 2.24) is 0 Å². The Hall–Kier alpha value is -1.07. The number of carbonyl (C=O) groups is 1. The number of methoxy groups -OCH3 is 1. The monoisotopic (exact) mass is 247 g/mol. The molecule has 0 radical (unpaired) electrons. The summed E-state index contributed by atoms with van der Waals surface area (Å²) >= 11 is 7.18. The first-order valence-electron chi connectivity index (χ1n) is 4.06. The number of oxime groups is 1. The van der Waals surface area contributed by atoms with Gasteiger partial charge < -0.3 is 9.57 Å². The molecule has 0 N–H and O–H groups in total. The summed E-state index contributed by atoms with van der Waals surface area (Å²) in [6, 6.07) is 1.76. The SMILES string of the molecule is CO/N=C(\C(=O)OC)c1ccsc1CCl. The normalized spacial score (nSPS) is 11.3. The van der Waals surface area contributed by atoms with Crippen LogP contribution in [0, 0.1) is 0 Å². The van der Waals surface area contributed by atoms with Crippen LogP contribution < -0.4 is 0 Å². The average molecular weight is 248 g/mol. The number of halogens is 1. The Morgan fingerprint density at radius 2 is 2.33 bits per heavy atom. The molecule has 0 aliphatic heterocycles. The summed E-state index contributed by atoms with van der Waals surface area (Å²) in [5.74, 6) is -0.214. The van der Waals surface area contributed by atoms with Gasteiger partial charge in [-0.25, -0.2) is 4.79 Å². The van der Waals surface area contributed by atoms with Crippen molar-refractivity contribution in [2.24, 2.45) is 5.16 Å². The number of ether oxygens (including phenoxy) is 1. The Bertz CT molecular complexity index is 375. The third-order valence-corrected chi connectivity index (χ3v) is 3.03. The molecule has 0 aliphatic carbocycles. The van der Waals surface area contributed by atoms with Crippen molar-refractivity contribution in [2.75, 3.05) is 14.2 Å². The van der Waals surface area contributed by atoms with Gasteiger partial charge in [-0.15, -0.1) is 22.9 Å². The molecule has 0 spiro atoms. The van der Waals surface area contributed by atoms with Gasteiger partial charge in [0.2, 0.25) is 0 Å². The molecule has 82 valence electrons. The van der Waals surface area contributed by atoms with E-state index in [1.807, 2.05) is 5.38 Å². The summed E-state index contributed by atoms with van der Waals surface area (Å²) in [6.45, 7) is 0. The number of hydrogen-bond acceptors (Lipinski definition) is 5. The molecule has 6 heteroatoms. The summed E-state index contributed by atoms with van der Waals surface area (Å²) in [6.07, 6.45) is 0. The lowest BCUT2D eigenvalue weighted by atomic mass is 10.1. The molecule has 0 bridgehead atoms. The van der Waals surface area contributed by atoms with Crippen LogP contribution in [0.1, 0.15) is 10.4 Å². The lowest BCUT2D eigenvalue weighted by Crippen LogP contribution is -2.18. The molecular formula is C9H10ClNO3S. The molecule has 0 saturated heterocycles. The first-order valence-corrected chi connectivity index (χ1v) is 5.48. The molecule has 0 saturated carbocycles. The highest BCUT2D eigenvalue weighted by Crippen LogP contribution is 2.20. The maximum absolute atomic E-state index is 11.4. The van der Waals surface area contributed by atoms with E-state index in [1.54, 1.807) is 6.07 Å². The van der Waals surface area contributed by atoms with Crippen LogP contribution in [-0.2, 0) is 20.2 Å². The van der Waals surface area contributed by atoms with Crippen molar-refractivity contribution >= 4 is 34.6 Å². The van der Waals surface area contributed by atoms with Crippen LogP contribution in [0.25, 0.3) is 0 Å². The van der Waals surface area contributed by atoms with Crippen LogP contribution in [-0.4, -0.2) is 25.9 Å². The molecule has 1 aromatic heterocycles. The van der Waals surface area contributed by atoms with Gasteiger partial charge in [0.1, 0.15) is 7.11 Å². The summed E-state index contributed by atoms with van der Waals surface area (Å²) in [5.41, 5.74) is 0.792. The fourth-order valence-electron chi connectivity index (χ4n) is 1.04. The second kappa shape index (κ2) is 5.72. The number of alkyl halides is 1. The largest absolute Gasteiger partial charge is 0.464 e. The predicted octanol–water partition coefficient (Wildman–Crippen LogP) is 2.01. The van der Waals surface area contributed by atoms with Gasteiger partial charge in [0.25, 0.3) is 0 Å². The Labute approximate surface area is 96.4 Å². The van der Waals surface area contributed by atoms with Gasteiger partial charge in [-0.3, -0.25) is 0 Å². The first kappa shape index (κ1) is 12.0. The molecule has 0 atom stereocenters. The average Bonchev–Trinajstić information content (AvgIpc) is 2.72. The molecule has 4 nitrogen and oxygen atoms in total. The molecule has 0 amide bonds. The van der Waals surface area contributed by atoms with Crippen LogP contribution in [0.3, 0.4) is 0 Å². The lowest BCUT2D eigenvalue weighted by Gasteiger charge is -2.03. The third kappa shape index (κ3) is 2.70. The molecule has 1 heterocycles. The summed E-state index contributed by atoms with van der Waals surface area (Å²) < 4.78 is 4.60. The number of carbonyl (C=O) groups excluding carboxylic acids is 1. The predicted molar refractivity (Wildman–Crippen MR) is 59.4 cm³/mol. The third-order valence-electron chi connectivity index (χ3n) is 1.68. The number of esters is 1. The zero-order chi connectivity index (χ0) is 11.3. The second-order valence-corrected chi connectivity index (χ2v) is 3.77. The van der Waals surface area contributed by atoms with Crippen molar-refractivity contribution in [2.45, 2.75) is 5.88 Å². The Morgan fingerprint density at radius 1 is 1.60 bits per heavy atom. The van der Waals surface area contributed by atoms with E-state index in [4.69, 9.17) is 11.6 Å². The van der Waals surface area contributed by atoms with Crippen LogP contribution >= 0.6 is 22.9 Å². The minimum Gasteiger partial charge on any atom is -0.464 e. The molecule has 0 aromatic carbocycles. The quantitative estimate of drug-likeness (QED) is 0.354. The van der Waals surface area contributed by atoms with Crippen molar-refractivity contribution < 1.29 is 14.4 Å². The van der Waals surface area contributed by atoms with Gasteiger partial charge >= 0.3 is 5.97 Å². The summed E-state index contributed by atoms with van der Waals surface area (Å²) in [5, 5.41) is 5.47. The maximum atomic E-state index is 11.4. The van der Waals surface area contributed by atoms with Gasteiger partial charge in [0.15, 0.2) is 5.71 Å². The van der Waals surface area contributed by atoms with E-state index in [-0.39, 0.29) is 5.71 Å². The standard InChI is InChI=1S/C9H10ClNO3S/c1-13-9(12)8(11-14-2)6-3-4-15-7(6)5-10/h3-4H,5H2,1-2H3/b11-8-. The molecule has 0 fully saturated rings. The van der Waals surface area contributed by atoms with Gasteiger partial charge in [-0.1, -0.05) is 5.16 Å². The fraction of sp³-hybridized carbons (Fsp3) is 0.333. The van der Waals surface area contributed by atoms with Crippen LogP contribution in [0.2, 0.25) is 0 Å². The van der Waals surface area contributed by atoms with E-state index in [9.17, 15) is 4.79 Å². The van der Waals surface area contributed by atoms with Crippen molar-refractivity contribution in [3.63, 3.8) is 0 Å². The van der Waals surface area contributed by atoms with E-state index < -0.39 is 5.97 Å². The smallest absolute Gasteiger partial charge is 0.360 e. The minimum absolute atomic E-state index is 0.136. The van der Waals surface area contributed by atoms with Gasteiger partial charge in [-0.05, 0) is 11.4 Å². The van der Waals surface area contributed by atoms with E-state index in [0.29, 0.717) is 11.4 Å². The van der Waals surface area contributed by atoms with Gasteiger partial charge in [-0.2, -0.15) is 0 Å². The highest BCUT2D eigenvalue weighted by atomic mass is 35.5. The first-order chi connectivity index (χ1) is 7.24. The molecule has 1 rings (SSSR count).